The van der Waals surface area contributed by atoms with E-state index >= 15 is 0 Å². The average Bonchev–Trinajstić information content (AvgIpc) is 2.32. The Morgan fingerprint density at radius 2 is 2.06 bits per heavy atom. The summed E-state index contributed by atoms with van der Waals surface area (Å²) in [4.78, 5) is 16.0. The highest BCUT2D eigenvalue weighted by Crippen LogP contribution is 2.21. The van der Waals surface area contributed by atoms with Crippen LogP contribution in [0.25, 0.3) is 0 Å². The molecule has 1 aromatic carbocycles. The van der Waals surface area contributed by atoms with E-state index in [9.17, 15) is 4.79 Å². The van der Waals surface area contributed by atoms with Gasteiger partial charge in [-0.05, 0) is 56.7 Å². The van der Waals surface area contributed by atoms with E-state index in [1.165, 1.54) is 0 Å². The molecule has 5 heteroatoms. The molecule has 0 spiro atoms. The quantitative estimate of drug-likeness (QED) is 0.778. The van der Waals surface area contributed by atoms with Crippen LogP contribution in [-0.4, -0.2) is 10.9 Å². The lowest BCUT2D eigenvalue weighted by molar-refractivity contribution is 0.102. The highest BCUT2D eigenvalue weighted by atomic mass is 127. The smallest absolute Gasteiger partial charge is 0.256 e. The summed E-state index contributed by atoms with van der Waals surface area (Å²) >= 11 is 5.48. The minimum Gasteiger partial charge on any atom is -0.321 e. The molecule has 86 valence electrons. The molecule has 0 fully saturated rings. The number of hydrogen-bond acceptors (Lipinski definition) is 2. The Labute approximate surface area is 121 Å². The molecule has 0 saturated heterocycles. The number of aromatic nitrogens is 1. The van der Waals surface area contributed by atoms with Gasteiger partial charge in [0.1, 0.15) is 0 Å². The summed E-state index contributed by atoms with van der Waals surface area (Å²) in [5.41, 5.74) is 1.38. The fraction of sp³-hybridized carbons (Fsp3) is 0. The molecule has 0 aliphatic rings. The first-order valence-corrected chi connectivity index (χ1v) is 6.71. The molecule has 17 heavy (non-hydrogen) atoms. The molecular weight excluding hydrogens is 395 g/mol. The van der Waals surface area contributed by atoms with Crippen molar-refractivity contribution in [3.63, 3.8) is 0 Å². The van der Waals surface area contributed by atoms with Gasteiger partial charge < -0.3 is 5.32 Å². The predicted octanol–water partition coefficient (Wildman–Crippen LogP) is 3.70. The zero-order chi connectivity index (χ0) is 12.3. The molecule has 2 rings (SSSR count). The number of halogens is 2. The molecule has 3 nitrogen and oxygen atoms in total. The molecule has 1 heterocycles. The van der Waals surface area contributed by atoms with Crippen molar-refractivity contribution >= 4 is 50.1 Å². The number of anilines is 1. The van der Waals surface area contributed by atoms with Crippen LogP contribution in [0.1, 0.15) is 10.4 Å². The average molecular weight is 403 g/mol. The molecule has 0 aliphatic carbocycles. The van der Waals surface area contributed by atoms with Crippen molar-refractivity contribution in [2.75, 3.05) is 5.32 Å². The second-order valence-corrected chi connectivity index (χ2v) is 5.31. The van der Waals surface area contributed by atoms with Gasteiger partial charge in [-0.1, -0.05) is 12.1 Å². The van der Waals surface area contributed by atoms with Crippen molar-refractivity contribution in [3.8, 4) is 0 Å². The van der Waals surface area contributed by atoms with Crippen LogP contribution in [0, 0.1) is 3.57 Å². The number of benzene rings is 1. The lowest BCUT2D eigenvalue weighted by Gasteiger charge is -2.07. The SMILES string of the molecule is O=C(Nc1ccncc1Br)c1ccccc1I. The summed E-state index contributed by atoms with van der Waals surface area (Å²) in [6.07, 6.45) is 3.28. The summed E-state index contributed by atoms with van der Waals surface area (Å²) in [7, 11) is 0. The minimum atomic E-state index is -0.123. The first-order chi connectivity index (χ1) is 8.18. The summed E-state index contributed by atoms with van der Waals surface area (Å²) in [5, 5.41) is 2.84. The number of pyridine rings is 1. The van der Waals surface area contributed by atoms with Crippen molar-refractivity contribution < 1.29 is 4.79 Å². The van der Waals surface area contributed by atoms with Crippen LogP contribution in [0.5, 0.6) is 0 Å². The zero-order valence-corrected chi connectivity index (χ0v) is 12.4. The number of nitrogens with one attached hydrogen (secondary N) is 1. The number of amides is 1. The van der Waals surface area contributed by atoms with Gasteiger partial charge in [-0.2, -0.15) is 0 Å². The van der Waals surface area contributed by atoms with Gasteiger partial charge in [-0.15, -0.1) is 0 Å². The van der Waals surface area contributed by atoms with Crippen LogP contribution < -0.4 is 5.32 Å². The Balaban J connectivity index is 2.24. The molecule has 1 N–H and O–H groups in total. The Morgan fingerprint density at radius 1 is 1.29 bits per heavy atom. The van der Waals surface area contributed by atoms with Gasteiger partial charge in [0.25, 0.3) is 5.91 Å². The second kappa shape index (κ2) is 5.59. The van der Waals surface area contributed by atoms with E-state index in [4.69, 9.17) is 0 Å². The predicted molar refractivity (Wildman–Crippen MR) is 79.0 cm³/mol. The maximum atomic E-state index is 12.0. The Morgan fingerprint density at radius 3 is 2.76 bits per heavy atom. The number of hydrogen-bond donors (Lipinski definition) is 1. The van der Waals surface area contributed by atoms with Gasteiger partial charge >= 0.3 is 0 Å². The van der Waals surface area contributed by atoms with Gasteiger partial charge in [0, 0.05) is 16.0 Å². The summed E-state index contributed by atoms with van der Waals surface area (Å²) in [5.74, 6) is -0.123. The van der Waals surface area contributed by atoms with Crippen LogP contribution in [-0.2, 0) is 0 Å². The highest BCUT2D eigenvalue weighted by Gasteiger charge is 2.10. The van der Waals surface area contributed by atoms with E-state index in [1.807, 2.05) is 18.2 Å². The maximum absolute atomic E-state index is 12.0. The Bertz CT molecular complexity index is 560. The molecule has 0 saturated carbocycles. The summed E-state index contributed by atoms with van der Waals surface area (Å²) < 4.78 is 1.69. The maximum Gasteiger partial charge on any atom is 0.256 e. The molecule has 2 aromatic rings. The van der Waals surface area contributed by atoms with Crippen LogP contribution in [0.4, 0.5) is 5.69 Å². The van der Waals surface area contributed by atoms with Gasteiger partial charge in [-0.25, -0.2) is 0 Å². The van der Waals surface area contributed by atoms with E-state index < -0.39 is 0 Å². The molecule has 1 amide bonds. The minimum absolute atomic E-state index is 0.123. The van der Waals surface area contributed by atoms with Gasteiger partial charge in [0.05, 0.1) is 15.7 Å². The van der Waals surface area contributed by atoms with E-state index in [-0.39, 0.29) is 5.91 Å². The summed E-state index contributed by atoms with van der Waals surface area (Å²) in [6, 6.07) is 9.20. The molecule has 0 radical (unpaired) electrons. The first-order valence-electron chi connectivity index (χ1n) is 4.84. The normalized spacial score (nSPS) is 10.0. The van der Waals surface area contributed by atoms with Crippen LogP contribution in [0.15, 0.2) is 47.2 Å². The van der Waals surface area contributed by atoms with Crippen molar-refractivity contribution in [2.45, 2.75) is 0 Å². The van der Waals surface area contributed by atoms with E-state index in [2.05, 4.69) is 48.8 Å². The third-order valence-electron chi connectivity index (χ3n) is 2.14. The lowest BCUT2D eigenvalue weighted by Crippen LogP contribution is -2.13. The number of rotatable bonds is 2. The third-order valence-corrected chi connectivity index (χ3v) is 3.71. The van der Waals surface area contributed by atoms with Gasteiger partial charge in [0.2, 0.25) is 0 Å². The zero-order valence-electron chi connectivity index (χ0n) is 8.65. The van der Waals surface area contributed by atoms with E-state index in [0.29, 0.717) is 11.3 Å². The van der Waals surface area contributed by atoms with Crippen molar-refractivity contribution in [1.82, 2.24) is 4.98 Å². The first kappa shape index (κ1) is 12.5. The van der Waals surface area contributed by atoms with Crippen LogP contribution >= 0.6 is 38.5 Å². The van der Waals surface area contributed by atoms with Crippen LogP contribution in [0.3, 0.4) is 0 Å². The lowest BCUT2D eigenvalue weighted by atomic mass is 10.2. The highest BCUT2D eigenvalue weighted by molar-refractivity contribution is 14.1. The Kier molecular flexibility index (Phi) is 4.11. The largest absolute Gasteiger partial charge is 0.321 e. The topological polar surface area (TPSA) is 42.0 Å². The molecular formula is C12H8BrIN2O. The van der Waals surface area contributed by atoms with Crippen molar-refractivity contribution in [3.05, 3.63) is 56.3 Å². The van der Waals surface area contributed by atoms with Crippen molar-refractivity contribution in [2.24, 2.45) is 0 Å². The Hall–Kier alpha value is -0.950. The number of nitrogens with zero attached hydrogens (tertiary/aromatic N) is 1. The summed E-state index contributed by atoms with van der Waals surface area (Å²) in [6.45, 7) is 0. The molecule has 0 aliphatic heterocycles. The number of carbonyl (C=O) groups excluding carboxylic acids is 1. The molecule has 0 bridgehead atoms. The second-order valence-electron chi connectivity index (χ2n) is 3.29. The molecule has 0 atom stereocenters. The fourth-order valence-corrected chi connectivity index (χ4v) is 2.29. The van der Waals surface area contributed by atoms with Crippen LogP contribution in [0.2, 0.25) is 0 Å². The van der Waals surface area contributed by atoms with E-state index in [1.54, 1.807) is 24.5 Å². The standard InChI is InChI=1S/C12H8BrIN2O/c13-9-7-15-6-5-11(9)16-12(17)8-3-1-2-4-10(8)14/h1-7H,(H,15,16,17). The van der Waals surface area contributed by atoms with Gasteiger partial charge in [-0.3, -0.25) is 9.78 Å². The fourth-order valence-electron chi connectivity index (χ4n) is 1.31. The molecule has 0 unspecified atom stereocenters. The third kappa shape index (κ3) is 3.04. The molecule has 1 aromatic heterocycles. The van der Waals surface area contributed by atoms with Gasteiger partial charge in [0.15, 0.2) is 0 Å². The monoisotopic (exact) mass is 402 g/mol. The van der Waals surface area contributed by atoms with E-state index in [0.717, 1.165) is 8.04 Å². The number of carbonyl (C=O) groups is 1. The van der Waals surface area contributed by atoms with Crippen molar-refractivity contribution in [1.29, 1.82) is 0 Å².